The van der Waals surface area contributed by atoms with Crippen molar-refractivity contribution >= 4 is 44.9 Å². The van der Waals surface area contributed by atoms with Gasteiger partial charge in [-0.1, -0.05) is 19.9 Å². The topological polar surface area (TPSA) is 101 Å². The number of fused-ring (bicyclic) bond motifs is 1. The zero-order valence-electron chi connectivity index (χ0n) is 18.0. The van der Waals surface area contributed by atoms with Crippen LogP contribution in [-0.2, 0) is 16.0 Å². The lowest BCUT2D eigenvalue weighted by atomic mass is 9.89. The minimum absolute atomic E-state index is 0.142. The van der Waals surface area contributed by atoms with Crippen LogP contribution in [0.1, 0.15) is 48.9 Å². The predicted octanol–water partition coefficient (Wildman–Crippen LogP) is 4.08. The standard InChI is InChI=1S/C23H27N5O2S/c1-4-15-9-17(11-25-21(15)24)27-22(29)23(30)28-12-13(2)5-7-19(28)16-6-8-20-18(10-16)26-14(3)31-20/h6,8-11,13,19H,4-5,7,12H2,1-3H3,(H2,24,25)(H,27,29)/t13-,19+/m1/s1. The van der Waals surface area contributed by atoms with Crippen LogP contribution < -0.4 is 11.1 Å². The Balaban J connectivity index is 1.57. The number of nitrogen functional groups attached to an aromatic ring is 1. The fourth-order valence-corrected chi connectivity index (χ4v) is 4.99. The van der Waals surface area contributed by atoms with Crippen LogP contribution >= 0.6 is 11.3 Å². The molecule has 3 aromatic rings. The smallest absolute Gasteiger partial charge is 0.313 e. The molecule has 0 bridgehead atoms. The van der Waals surface area contributed by atoms with Crippen molar-refractivity contribution in [2.45, 2.75) is 46.1 Å². The third-order valence-electron chi connectivity index (χ3n) is 5.82. The summed E-state index contributed by atoms with van der Waals surface area (Å²) in [5, 5.41) is 3.72. The van der Waals surface area contributed by atoms with Crippen molar-refractivity contribution in [3.8, 4) is 0 Å². The van der Waals surface area contributed by atoms with Crippen LogP contribution in [-0.4, -0.2) is 33.2 Å². The molecule has 0 radical (unpaired) electrons. The fraction of sp³-hybridized carbons (Fsp3) is 0.391. The lowest BCUT2D eigenvalue weighted by molar-refractivity contribution is -0.146. The Morgan fingerprint density at radius 2 is 2.10 bits per heavy atom. The molecular formula is C23H27N5O2S. The van der Waals surface area contributed by atoms with E-state index in [0.29, 0.717) is 30.4 Å². The van der Waals surface area contributed by atoms with Crippen molar-refractivity contribution in [1.29, 1.82) is 0 Å². The number of hydrogen-bond donors (Lipinski definition) is 2. The van der Waals surface area contributed by atoms with Crippen LogP contribution in [0.15, 0.2) is 30.5 Å². The zero-order chi connectivity index (χ0) is 22.1. The molecule has 1 fully saturated rings. The molecule has 8 heteroatoms. The second kappa shape index (κ2) is 8.63. The number of likely N-dealkylation sites (tertiary alicyclic amines) is 1. The Kier molecular flexibility index (Phi) is 5.91. The van der Waals surface area contributed by atoms with Crippen molar-refractivity contribution in [1.82, 2.24) is 14.9 Å². The van der Waals surface area contributed by atoms with Crippen LogP contribution in [0.25, 0.3) is 10.2 Å². The molecule has 0 spiro atoms. The summed E-state index contributed by atoms with van der Waals surface area (Å²) in [6.45, 7) is 6.61. The molecule has 7 nitrogen and oxygen atoms in total. The van der Waals surface area contributed by atoms with Crippen molar-refractivity contribution in [2.24, 2.45) is 5.92 Å². The molecule has 3 heterocycles. The van der Waals surface area contributed by atoms with Gasteiger partial charge >= 0.3 is 11.8 Å². The van der Waals surface area contributed by atoms with E-state index in [1.54, 1.807) is 22.3 Å². The Labute approximate surface area is 185 Å². The molecule has 1 aromatic carbocycles. The number of anilines is 2. The monoisotopic (exact) mass is 437 g/mol. The first kappa shape index (κ1) is 21.2. The maximum absolute atomic E-state index is 13.2. The summed E-state index contributed by atoms with van der Waals surface area (Å²) in [5.74, 6) is -0.410. The number of carbonyl (C=O) groups excluding carboxylic acids is 2. The van der Waals surface area contributed by atoms with E-state index in [2.05, 4.69) is 40.4 Å². The minimum atomic E-state index is -0.654. The first-order valence-electron chi connectivity index (χ1n) is 10.6. The molecule has 3 N–H and O–H groups in total. The summed E-state index contributed by atoms with van der Waals surface area (Å²) in [6.07, 6.45) is 4.00. The number of piperidine rings is 1. The molecule has 1 aliphatic heterocycles. The van der Waals surface area contributed by atoms with Gasteiger partial charge < -0.3 is 16.0 Å². The van der Waals surface area contributed by atoms with E-state index in [1.807, 2.05) is 13.8 Å². The average molecular weight is 438 g/mol. The summed E-state index contributed by atoms with van der Waals surface area (Å²) >= 11 is 1.65. The van der Waals surface area contributed by atoms with Gasteiger partial charge in [0.05, 0.1) is 33.2 Å². The molecule has 2 amide bonds. The van der Waals surface area contributed by atoms with Gasteiger partial charge in [0.25, 0.3) is 0 Å². The highest BCUT2D eigenvalue weighted by Crippen LogP contribution is 2.35. The third-order valence-corrected chi connectivity index (χ3v) is 6.77. The lowest BCUT2D eigenvalue weighted by Gasteiger charge is -2.38. The summed E-state index contributed by atoms with van der Waals surface area (Å²) in [4.78, 5) is 36.4. The maximum Gasteiger partial charge on any atom is 0.313 e. The van der Waals surface area contributed by atoms with Gasteiger partial charge in [0, 0.05) is 6.54 Å². The molecule has 4 rings (SSSR count). The maximum atomic E-state index is 13.2. The number of hydrogen-bond acceptors (Lipinski definition) is 6. The molecule has 1 aliphatic rings. The highest BCUT2D eigenvalue weighted by Gasteiger charge is 2.34. The van der Waals surface area contributed by atoms with Gasteiger partial charge in [-0.3, -0.25) is 9.59 Å². The molecular weight excluding hydrogens is 410 g/mol. The van der Waals surface area contributed by atoms with E-state index < -0.39 is 11.8 Å². The number of amides is 2. The first-order valence-corrected chi connectivity index (χ1v) is 11.4. The van der Waals surface area contributed by atoms with Gasteiger partial charge in [-0.25, -0.2) is 9.97 Å². The Morgan fingerprint density at radius 3 is 2.87 bits per heavy atom. The van der Waals surface area contributed by atoms with Crippen molar-refractivity contribution in [3.05, 3.63) is 46.6 Å². The normalized spacial score (nSPS) is 18.9. The third kappa shape index (κ3) is 4.39. The Morgan fingerprint density at radius 1 is 1.29 bits per heavy atom. The lowest BCUT2D eigenvalue weighted by Crippen LogP contribution is -2.46. The minimum Gasteiger partial charge on any atom is -0.383 e. The predicted molar refractivity (Wildman–Crippen MR) is 124 cm³/mol. The number of thiazole rings is 1. The van der Waals surface area contributed by atoms with E-state index in [4.69, 9.17) is 5.73 Å². The number of aromatic nitrogens is 2. The van der Waals surface area contributed by atoms with E-state index in [1.165, 1.54) is 6.20 Å². The van der Waals surface area contributed by atoms with Crippen LogP contribution in [0.3, 0.4) is 0 Å². The quantitative estimate of drug-likeness (QED) is 0.601. The molecule has 2 aromatic heterocycles. The number of pyridine rings is 1. The second-order valence-electron chi connectivity index (χ2n) is 8.19. The number of nitrogens with two attached hydrogens (primary N) is 1. The average Bonchev–Trinajstić information content (AvgIpc) is 3.13. The van der Waals surface area contributed by atoms with Crippen molar-refractivity contribution < 1.29 is 9.59 Å². The number of aryl methyl sites for hydroxylation is 2. The Bertz CT molecular complexity index is 1140. The van der Waals surface area contributed by atoms with Gasteiger partial charge in [0.1, 0.15) is 5.82 Å². The number of benzene rings is 1. The summed E-state index contributed by atoms with van der Waals surface area (Å²) in [6, 6.07) is 7.78. The summed E-state index contributed by atoms with van der Waals surface area (Å²) < 4.78 is 1.13. The highest BCUT2D eigenvalue weighted by atomic mass is 32.1. The van der Waals surface area contributed by atoms with Crippen LogP contribution in [0, 0.1) is 12.8 Å². The number of carbonyl (C=O) groups is 2. The number of nitrogens with one attached hydrogen (secondary N) is 1. The molecule has 1 saturated heterocycles. The Hall–Kier alpha value is -3.00. The van der Waals surface area contributed by atoms with E-state index in [9.17, 15) is 9.59 Å². The van der Waals surface area contributed by atoms with Gasteiger partial charge in [-0.2, -0.15) is 0 Å². The second-order valence-corrected chi connectivity index (χ2v) is 9.43. The first-order chi connectivity index (χ1) is 14.9. The van der Waals surface area contributed by atoms with Crippen LogP contribution in [0.2, 0.25) is 0 Å². The molecule has 162 valence electrons. The largest absolute Gasteiger partial charge is 0.383 e. The van der Waals surface area contributed by atoms with Gasteiger partial charge in [-0.05, 0) is 61.4 Å². The van der Waals surface area contributed by atoms with Gasteiger partial charge in [0.2, 0.25) is 0 Å². The van der Waals surface area contributed by atoms with Crippen LogP contribution in [0.4, 0.5) is 11.5 Å². The SMILES string of the molecule is CCc1cc(NC(=O)C(=O)N2C[C@H](C)CC[C@H]2c2ccc3sc(C)nc3c2)cnc1N. The summed E-state index contributed by atoms with van der Waals surface area (Å²) in [5.41, 5.74) is 9.12. The van der Waals surface area contributed by atoms with Crippen LogP contribution in [0.5, 0.6) is 0 Å². The van der Waals surface area contributed by atoms with Gasteiger partial charge in [-0.15, -0.1) is 11.3 Å². The number of rotatable bonds is 3. The molecule has 0 aliphatic carbocycles. The zero-order valence-corrected chi connectivity index (χ0v) is 18.8. The molecule has 0 unspecified atom stereocenters. The van der Waals surface area contributed by atoms with E-state index >= 15 is 0 Å². The van der Waals surface area contributed by atoms with E-state index in [-0.39, 0.29) is 6.04 Å². The van der Waals surface area contributed by atoms with Crippen molar-refractivity contribution in [3.63, 3.8) is 0 Å². The summed E-state index contributed by atoms with van der Waals surface area (Å²) in [7, 11) is 0. The van der Waals surface area contributed by atoms with E-state index in [0.717, 1.165) is 39.2 Å². The fourth-order valence-electron chi connectivity index (χ4n) is 4.18. The molecule has 0 saturated carbocycles. The molecule has 31 heavy (non-hydrogen) atoms. The van der Waals surface area contributed by atoms with Crippen molar-refractivity contribution in [2.75, 3.05) is 17.6 Å². The van der Waals surface area contributed by atoms with Gasteiger partial charge in [0.15, 0.2) is 0 Å². The highest BCUT2D eigenvalue weighted by molar-refractivity contribution is 7.18. The molecule has 2 atom stereocenters. The number of nitrogens with zero attached hydrogens (tertiary/aromatic N) is 3.